The predicted molar refractivity (Wildman–Crippen MR) is 126 cm³/mol. The van der Waals surface area contributed by atoms with Gasteiger partial charge in [-0.2, -0.15) is 0 Å². The van der Waals surface area contributed by atoms with Crippen molar-refractivity contribution in [2.75, 3.05) is 46.9 Å². The van der Waals surface area contributed by atoms with E-state index in [9.17, 15) is 4.79 Å². The molecule has 6 nitrogen and oxygen atoms in total. The number of carbonyl (C=O) groups excluding carboxylic acids is 1. The van der Waals surface area contributed by atoms with Crippen molar-refractivity contribution in [1.29, 1.82) is 0 Å². The summed E-state index contributed by atoms with van der Waals surface area (Å²) in [7, 11) is 3.54. The van der Waals surface area contributed by atoms with Gasteiger partial charge in [-0.15, -0.1) is 0 Å². The second kappa shape index (κ2) is 12.1. The van der Waals surface area contributed by atoms with Gasteiger partial charge in [0, 0.05) is 40.4 Å². The summed E-state index contributed by atoms with van der Waals surface area (Å²) in [4.78, 5) is 19.0. The Morgan fingerprint density at radius 2 is 1.87 bits per heavy atom. The Balaban J connectivity index is 1.38. The molecule has 1 saturated carbocycles. The second-order valence-corrected chi connectivity index (χ2v) is 9.24. The fourth-order valence-corrected chi connectivity index (χ4v) is 5.06. The summed E-state index contributed by atoms with van der Waals surface area (Å²) in [6, 6.07) is 10.7. The van der Waals surface area contributed by atoms with Crippen LogP contribution in [0.5, 0.6) is 0 Å². The van der Waals surface area contributed by atoms with Crippen LogP contribution in [0.1, 0.15) is 50.5 Å². The summed E-state index contributed by atoms with van der Waals surface area (Å²) in [5.41, 5.74) is 1.69. The molecular weight excluding hydrogens is 388 g/mol. The first-order chi connectivity index (χ1) is 15.1. The van der Waals surface area contributed by atoms with Gasteiger partial charge in [0.25, 0.3) is 0 Å². The van der Waals surface area contributed by atoms with E-state index in [4.69, 9.17) is 4.74 Å². The zero-order valence-electron chi connectivity index (χ0n) is 19.4. The van der Waals surface area contributed by atoms with Crippen LogP contribution in [0.2, 0.25) is 0 Å². The number of rotatable bonds is 9. The number of hydrogen-bond donors (Lipinski definition) is 2. The van der Waals surface area contributed by atoms with E-state index in [0.717, 1.165) is 57.9 Å². The number of amides is 1. The normalized spacial score (nSPS) is 19.4. The van der Waals surface area contributed by atoms with Crippen molar-refractivity contribution >= 4 is 11.9 Å². The van der Waals surface area contributed by atoms with Crippen LogP contribution in [0.4, 0.5) is 0 Å². The Bertz CT molecular complexity index is 693. The first-order valence-corrected chi connectivity index (χ1v) is 11.9. The van der Waals surface area contributed by atoms with Crippen molar-refractivity contribution in [2.45, 2.75) is 51.4 Å². The minimum Gasteiger partial charge on any atom is -0.385 e. The molecule has 1 aliphatic heterocycles. The molecule has 2 aliphatic rings. The number of guanidine groups is 1. The minimum atomic E-state index is 0.163. The van der Waals surface area contributed by atoms with Gasteiger partial charge in [-0.1, -0.05) is 43.2 Å². The highest BCUT2D eigenvalue weighted by Crippen LogP contribution is 2.40. The smallest absolute Gasteiger partial charge is 0.241 e. The molecule has 1 amide bonds. The van der Waals surface area contributed by atoms with Gasteiger partial charge in [0.1, 0.15) is 0 Å². The Morgan fingerprint density at radius 3 is 2.52 bits per heavy atom. The van der Waals surface area contributed by atoms with Crippen LogP contribution >= 0.6 is 0 Å². The van der Waals surface area contributed by atoms with Crippen LogP contribution in [-0.2, 0) is 16.0 Å². The summed E-state index contributed by atoms with van der Waals surface area (Å²) in [6.07, 6.45) is 9.39. The number of methoxy groups -OCH3 is 1. The van der Waals surface area contributed by atoms with E-state index in [1.807, 2.05) is 4.90 Å². The fraction of sp³-hybridized carbons (Fsp3) is 0.680. The molecule has 1 aromatic rings. The highest BCUT2D eigenvalue weighted by molar-refractivity contribution is 5.86. The Hall–Kier alpha value is -2.08. The maximum atomic E-state index is 12.7. The first kappa shape index (κ1) is 23.6. The summed E-state index contributed by atoms with van der Waals surface area (Å²) in [5, 5.41) is 6.70. The number of hydrogen-bond acceptors (Lipinski definition) is 3. The second-order valence-electron chi connectivity index (χ2n) is 9.24. The molecule has 0 radical (unpaired) electrons. The van der Waals surface area contributed by atoms with Gasteiger partial charge in [-0.3, -0.25) is 9.79 Å². The van der Waals surface area contributed by atoms with Gasteiger partial charge in [-0.25, -0.2) is 0 Å². The van der Waals surface area contributed by atoms with Gasteiger partial charge in [0.2, 0.25) is 5.91 Å². The van der Waals surface area contributed by atoms with Crippen LogP contribution in [0.25, 0.3) is 0 Å². The molecule has 0 bridgehead atoms. The molecule has 1 aromatic carbocycles. The molecule has 0 aromatic heterocycles. The number of nitrogens with zero attached hydrogens (tertiary/aromatic N) is 2. The third kappa shape index (κ3) is 7.23. The van der Waals surface area contributed by atoms with E-state index in [2.05, 4.69) is 46.0 Å². The van der Waals surface area contributed by atoms with Crippen molar-refractivity contribution < 1.29 is 9.53 Å². The van der Waals surface area contributed by atoms with E-state index in [1.54, 1.807) is 14.2 Å². The maximum Gasteiger partial charge on any atom is 0.241 e. The molecule has 2 fully saturated rings. The average molecular weight is 429 g/mol. The quantitative estimate of drug-likeness (QED) is 0.468. The number of benzene rings is 1. The predicted octanol–water partition coefficient (Wildman–Crippen LogP) is 3.23. The van der Waals surface area contributed by atoms with Crippen molar-refractivity contribution in [3.8, 4) is 0 Å². The average Bonchev–Trinajstić information content (AvgIpc) is 3.28. The lowest BCUT2D eigenvalue weighted by Gasteiger charge is -2.32. The molecule has 172 valence electrons. The molecule has 0 atom stereocenters. The molecule has 31 heavy (non-hydrogen) atoms. The highest BCUT2D eigenvalue weighted by atomic mass is 16.5. The molecule has 3 rings (SSSR count). The lowest BCUT2D eigenvalue weighted by Crippen LogP contribution is -2.48. The van der Waals surface area contributed by atoms with Crippen LogP contribution in [0.3, 0.4) is 0 Å². The number of ether oxygens (including phenoxy) is 1. The number of nitrogens with one attached hydrogen (secondary N) is 2. The topological polar surface area (TPSA) is 66.0 Å². The van der Waals surface area contributed by atoms with Gasteiger partial charge in [0.15, 0.2) is 5.96 Å². The van der Waals surface area contributed by atoms with E-state index >= 15 is 0 Å². The number of likely N-dealkylation sites (tertiary alicyclic amines) is 1. The first-order valence-electron chi connectivity index (χ1n) is 11.9. The van der Waals surface area contributed by atoms with E-state index < -0.39 is 0 Å². The Kier molecular flexibility index (Phi) is 9.19. The van der Waals surface area contributed by atoms with Crippen LogP contribution < -0.4 is 10.6 Å². The SMILES string of the molecule is CN=C(NCC(=O)N1CCC(Cc2ccccc2)CC1)NCC1(CCOC)CCCC1. The van der Waals surface area contributed by atoms with Gasteiger partial charge in [-0.05, 0) is 55.4 Å². The van der Waals surface area contributed by atoms with Gasteiger partial charge >= 0.3 is 0 Å². The number of carbonyl (C=O) groups is 1. The van der Waals surface area contributed by atoms with Crippen LogP contribution in [-0.4, -0.2) is 63.7 Å². The van der Waals surface area contributed by atoms with Crippen molar-refractivity contribution in [3.05, 3.63) is 35.9 Å². The number of piperidine rings is 1. The largest absolute Gasteiger partial charge is 0.385 e. The molecule has 1 aliphatic carbocycles. The monoisotopic (exact) mass is 428 g/mol. The molecule has 6 heteroatoms. The third-order valence-electron chi connectivity index (χ3n) is 7.10. The molecular formula is C25H40N4O2. The fourth-order valence-electron chi connectivity index (χ4n) is 5.06. The van der Waals surface area contributed by atoms with Gasteiger partial charge in [0.05, 0.1) is 6.54 Å². The molecule has 0 spiro atoms. The van der Waals surface area contributed by atoms with Crippen molar-refractivity contribution in [1.82, 2.24) is 15.5 Å². The summed E-state index contributed by atoms with van der Waals surface area (Å²) >= 11 is 0. The zero-order chi connectivity index (χ0) is 21.9. The minimum absolute atomic E-state index is 0.163. The molecule has 1 saturated heterocycles. The lowest BCUT2D eigenvalue weighted by atomic mass is 9.83. The van der Waals surface area contributed by atoms with Crippen molar-refractivity contribution in [3.63, 3.8) is 0 Å². The third-order valence-corrected chi connectivity index (χ3v) is 7.10. The van der Waals surface area contributed by atoms with E-state index in [1.165, 1.54) is 31.2 Å². The van der Waals surface area contributed by atoms with E-state index in [0.29, 0.717) is 12.5 Å². The summed E-state index contributed by atoms with van der Waals surface area (Å²) in [5.74, 6) is 1.55. The Labute approximate surface area is 187 Å². The summed E-state index contributed by atoms with van der Waals surface area (Å²) < 4.78 is 5.32. The molecule has 0 unspecified atom stereocenters. The lowest BCUT2D eigenvalue weighted by molar-refractivity contribution is -0.131. The van der Waals surface area contributed by atoms with Crippen LogP contribution in [0.15, 0.2) is 35.3 Å². The number of aliphatic imine (C=N–C) groups is 1. The standard InChI is InChI=1S/C25H40N4O2/c1-26-24(28-20-25(14-17-31-2)12-6-7-13-25)27-19-23(30)29-15-10-22(11-16-29)18-21-8-4-3-5-9-21/h3-5,8-9,22H,6-7,10-20H2,1-2H3,(H2,26,27,28). The molecule has 2 N–H and O–H groups in total. The zero-order valence-corrected chi connectivity index (χ0v) is 19.4. The highest BCUT2D eigenvalue weighted by Gasteiger charge is 2.33. The maximum absolute atomic E-state index is 12.7. The van der Waals surface area contributed by atoms with Crippen LogP contribution in [0, 0.1) is 11.3 Å². The van der Waals surface area contributed by atoms with E-state index in [-0.39, 0.29) is 11.3 Å². The van der Waals surface area contributed by atoms with Crippen molar-refractivity contribution in [2.24, 2.45) is 16.3 Å². The summed E-state index contributed by atoms with van der Waals surface area (Å²) in [6.45, 7) is 3.68. The molecule has 1 heterocycles. The van der Waals surface area contributed by atoms with Gasteiger partial charge < -0.3 is 20.3 Å². The Morgan fingerprint density at radius 1 is 1.16 bits per heavy atom.